The standard InChI is InChI=1S/C19H24O2/c1-19-9-8-16-15-6-4-14(21)10-12(15)2-5-17(16)18(19)7-3-13(19)11-20/h4,6,10-11,13,16-18,21H,2-3,5,7-9H2,1H3/t13?,16?,17?,18?,19-/m1/s1. The van der Waals surface area contributed by atoms with Crippen LogP contribution in [0.1, 0.15) is 56.1 Å². The Labute approximate surface area is 126 Å². The number of aldehydes is 1. The van der Waals surface area contributed by atoms with Crippen molar-refractivity contribution >= 4 is 6.29 Å². The molecule has 3 aliphatic carbocycles. The van der Waals surface area contributed by atoms with E-state index in [4.69, 9.17) is 0 Å². The van der Waals surface area contributed by atoms with Gasteiger partial charge in [0, 0.05) is 5.92 Å². The maximum atomic E-state index is 11.4. The molecule has 1 aromatic carbocycles. The molecule has 4 rings (SSSR count). The number of hydrogen-bond acceptors (Lipinski definition) is 2. The fourth-order valence-electron chi connectivity index (χ4n) is 5.83. The highest BCUT2D eigenvalue weighted by molar-refractivity contribution is 5.56. The minimum absolute atomic E-state index is 0.247. The van der Waals surface area contributed by atoms with Crippen LogP contribution in [0.15, 0.2) is 18.2 Å². The number of hydrogen-bond donors (Lipinski definition) is 1. The zero-order chi connectivity index (χ0) is 14.6. The van der Waals surface area contributed by atoms with Crippen molar-refractivity contribution in [3.05, 3.63) is 29.3 Å². The topological polar surface area (TPSA) is 37.3 Å². The number of carbonyl (C=O) groups excluding carboxylic acids is 1. The average Bonchev–Trinajstić information content (AvgIpc) is 2.83. The molecule has 2 saturated carbocycles. The minimum atomic E-state index is 0.247. The summed E-state index contributed by atoms with van der Waals surface area (Å²) in [5.74, 6) is 2.79. The molecule has 2 heteroatoms. The van der Waals surface area contributed by atoms with E-state index >= 15 is 0 Å². The van der Waals surface area contributed by atoms with Gasteiger partial charge in [-0.2, -0.15) is 0 Å². The molecule has 0 radical (unpaired) electrons. The van der Waals surface area contributed by atoms with Crippen LogP contribution in [0.3, 0.4) is 0 Å². The lowest BCUT2D eigenvalue weighted by Crippen LogP contribution is -2.42. The monoisotopic (exact) mass is 284 g/mol. The Balaban J connectivity index is 1.70. The predicted octanol–water partition coefficient (Wildman–Crippen LogP) is 4.06. The molecule has 0 spiro atoms. The van der Waals surface area contributed by atoms with E-state index in [1.165, 1.54) is 43.1 Å². The summed E-state index contributed by atoms with van der Waals surface area (Å²) in [5, 5.41) is 9.70. The Hall–Kier alpha value is -1.31. The summed E-state index contributed by atoms with van der Waals surface area (Å²) in [7, 11) is 0. The van der Waals surface area contributed by atoms with Crippen LogP contribution in [-0.2, 0) is 11.2 Å². The number of phenols is 1. The van der Waals surface area contributed by atoms with Gasteiger partial charge in [-0.25, -0.2) is 0 Å². The van der Waals surface area contributed by atoms with Gasteiger partial charge >= 0.3 is 0 Å². The van der Waals surface area contributed by atoms with E-state index in [0.29, 0.717) is 17.6 Å². The number of aryl methyl sites for hydroxylation is 1. The summed E-state index contributed by atoms with van der Waals surface area (Å²) in [5.41, 5.74) is 3.07. The van der Waals surface area contributed by atoms with E-state index in [1.807, 2.05) is 12.1 Å². The molecular formula is C19H24O2. The number of carbonyl (C=O) groups is 1. The molecule has 2 nitrogen and oxygen atoms in total. The number of aromatic hydroxyl groups is 1. The molecule has 1 aromatic rings. The van der Waals surface area contributed by atoms with Crippen LogP contribution in [0, 0.1) is 23.2 Å². The second kappa shape index (κ2) is 4.59. The lowest BCUT2D eigenvalue weighted by atomic mass is 9.54. The third-order valence-electron chi connectivity index (χ3n) is 6.95. The van der Waals surface area contributed by atoms with Crippen molar-refractivity contribution in [2.24, 2.45) is 23.2 Å². The maximum Gasteiger partial charge on any atom is 0.123 e. The van der Waals surface area contributed by atoms with Crippen LogP contribution in [0.5, 0.6) is 5.75 Å². The SMILES string of the molecule is C[C@]12CCC3c4ccc(O)cc4CCC3C1CCC2C=O. The Morgan fingerprint density at radius 1 is 1.24 bits per heavy atom. The molecule has 112 valence electrons. The quantitative estimate of drug-likeness (QED) is 0.789. The Morgan fingerprint density at radius 2 is 2.10 bits per heavy atom. The molecule has 21 heavy (non-hydrogen) atoms. The van der Waals surface area contributed by atoms with E-state index < -0.39 is 0 Å². The lowest BCUT2D eigenvalue weighted by molar-refractivity contribution is -0.115. The first-order valence-corrected chi connectivity index (χ1v) is 8.40. The molecule has 0 saturated heterocycles. The van der Waals surface area contributed by atoms with Gasteiger partial charge in [0.05, 0.1) is 0 Å². The molecule has 5 atom stereocenters. The van der Waals surface area contributed by atoms with Gasteiger partial charge < -0.3 is 9.90 Å². The Kier molecular flexibility index (Phi) is 2.92. The van der Waals surface area contributed by atoms with Gasteiger partial charge in [0.25, 0.3) is 0 Å². The third kappa shape index (κ3) is 1.81. The number of rotatable bonds is 1. The van der Waals surface area contributed by atoms with Crippen molar-refractivity contribution in [3.63, 3.8) is 0 Å². The van der Waals surface area contributed by atoms with Crippen LogP contribution in [0.4, 0.5) is 0 Å². The zero-order valence-electron chi connectivity index (χ0n) is 12.7. The first-order valence-electron chi connectivity index (χ1n) is 8.40. The first kappa shape index (κ1) is 13.4. The first-order chi connectivity index (χ1) is 10.1. The van der Waals surface area contributed by atoms with Crippen LogP contribution in [0.2, 0.25) is 0 Å². The minimum Gasteiger partial charge on any atom is -0.508 e. The van der Waals surface area contributed by atoms with Gasteiger partial charge in [-0.3, -0.25) is 0 Å². The Morgan fingerprint density at radius 3 is 2.90 bits per heavy atom. The van der Waals surface area contributed by atoms with Crippen LogP contribution in [-0.4, -0.2) is 11.4 Å². The van der Waals surface area contributed by atoms with E-state index in [2.05, 4.69) is 13.0 Å². The number of benzene rings is 1. The molecule has 0 amide bonds. The van der Waals surface area contributed by atoms with E-state index in [1.54, 1.807) is 0 Å². The van der Waals surface area contributed by atoms with Crippen molar-refractivity contribution in [2.75, 3.05) is 0 Å². The summed E-state index contributed by atoms with van der Waals surface area (Å²) < 4.78 is 0. The second-order valence-corrected chi connectivity index (χ2v) is 7.66. The normalized spacial score (nSPS) is 41.0. The van der Waals surface area contributed by atoms with Crippen molar-refractivity contribution in [1.82, 2.24) is 0 Å². The molecule has 1 N–H and O–H groups in total. The highest BCUT2D eigenvalue weighted by Gasteiger charge is 2.54. The van der Waals surface area contributed by atoms with Crippen molar-refractivity contribution in [1.29, 1.82) is 0 Å². The van der Waals surface area contributed by atoms with Gasteiger partial charge in [0.15, 0.2) is 0 Å². The summed E-state index contributed by atoms with van der Waals surface area (Å²) in [4.78, 5) is 11.4. The summed E-state index contributed by atoms with van der Waals surface area (Å²) in [6.45, 7) is 2.37. The zero-order valence-corrected chi connectivity index (χ0v) is 12.7. The largest absolute Gasteiger partial charge is 0.508 e. The van der Waals surface area contributed by atoms with Crippen molar-refractivity contribution in [3.8, 4) is 5.75 Å². The predicted molar refractivity (Wildman–Crippen MR) is 82.3 cm³/mol. The van der Waals surface area contributed by atoms with E-state index in [9.17, 15) is 9.90 Å². The molecule has 0 aliphatic heterocycles. The maximum absolute atomic E-state index is 11.4. The molecule has 0 heterocycles. The second-order valence-electron chi connectivity index (χ2n) is 7.66. The van der Waals surface area contributed by atoms with Crippen LogP contribution in [0.25, 0.3) is 0 Å². The number of phenolic OH excluding ortho intramolecular Hbond substituents is 1. The van der Waals surface area contributed by atoms with Gasteiger partial charge in [-0.1, -0.05) is 13.0 Å². The van der Waals surface area contributed by atoms with Crippen molar-refractivity contribution < 1.29 is 9.90 Å². The molecule has 2 fully saturated rings. The molecule has 0 aromatic heterocycles. The third-order valence-corrected chi connectivity index (χ3v) is 6.95. The van der Waals surface area contributed by atoms with Crippen LogP contribution < -0.4 is 0 Å². The smallest absolute Gasteiger partial charge is 0.123 e. The number of fused-ring (bicyclic) bond motifs is 5. The van der Waals surface area contributed by atoms with Crippen LogP contribution >= 0.6 is 0 Å². The fourth-order valence-corrected chi connectivity index (χ4v) is 5.83. The van der Waals surface area contributed by atoms with Gasteiger partial charge in [-0.05, 0) is 85.0 Å². The van der Waals surface area contributed by atoms with Crippen molar-refractivity contribution in [2.45, 2.75) is 51.4 Å². The Bertz CT molecular complexity index is 579. The lowest BCUT2D eigenvalue weighted by Gasteiger charge is -2.50. The molecule has 4 unspecified atom stereocenters. The van der Waals surface area contributed by atoms with Gasteiger partial charge in [0.2, 0.25) is 0 Å². The van der Waals surface area contributed by atoms with E-state index in [-0.39, 0.29) is 11.3 Å². The molecule has 3 aliphatic rings. The van der Waals surface area contributed by atoms with Gasteiger partial charge in [0.1, 0.15) is 12.0 Å². The molecule has 0 bridgehead atoms. The highest BCUT2D eigenvalue weighted by Crippen LogP contribution is 2.62. The average molecular weight is 284 g/mol. The van der Waals surface area contributed by atoms with Gasteiger partial charge in [-0.15, -0.1) is 0 Å². The summed E-state index contributed by atoms with van der Waals surface area (Å²) in [6.07, 6.45) is 8.26. The van der Waals surface area contributed by atoms with E-state index in [0.717, 1.165) is 18.8 Å². The molecular weight excluding hydrogens is 260 g/mol. The summed E-state index contributed by atoms with van der Waals surface area (Å²) in [6, 6.07) is 5.95. The highest BCUT2D eigenvalue weighted by atomic mass is 16.3. The summed E-state index contributed by atoms with van der Waals surface area (Å²) >= 11 is 0. The fraction of sp³-hybridized carbons (Fsp3) is 0.632.